The van der Waals surface area contributed by atoms with Gasteiger partial charge in [0.15, 0.2) is 0 Å². The van der Waals surface area contributed by atoms with E-state index in [0.29, 0.717) is 12.5 Å². The number of likely N-dealkylation sites (N-methyl/N-ethyl adjacent to an activating group) is 1. The maximum atomic E-state index is 5.97. The molecule has 0 amide bonds. The molecule has 0 saturated heterocycles. The largest absolute Gasteiger partial charge is 0.351 e. The van der Waals surface area contributed by atoms with E-state index in [1.807, 2.05) is 37.5 Å². The lowest BCUT2D eigenvalue weighted by Crippen LogP contribution is -2.31. The average molecular weight is 268 g/mol. The summed E-state index contributed by atoms with van der Waals surface area (Å²) in [5.74, 6) is 2.48. The lowest BCUT2D eigenvalue weighted by molar-refractivity contribution is 0.669. The molecule has 0 bridgehead atoms. The predicted molar refractivity (Wildman–Crippen MR) is 80.6 cm³/mol. The zero-order valence-electron chi connectivity index (χ0n) is 11.7. The Morgan fingerprint density at radius 3 is 2.65 bits per heavy atom. The van der Waals surface area contributed by atoms with Crippen molar-refractivity contribution >= 4 is 5.82 Å². The molecule has 1 atom stereocenters. The smallest absolute Gasteiger partial charge is 0.133 e. The standard InChI is InChI=1S/C16H20N4/c1-20(14(11-17)12-5-3-2-4-6-12)15-9-10-18-16(19-15)13-7-8-13/h2-6,9-10,13-14H,7-8,11,17H2,1H3. The fourth-order valence-electron chi connectivity index (χ4n) is 2.45. The number of aromatic nitrogens is 2. The Balaban J connectivity index is 1.86. The second kappa shape index (κ2) is 5.59. The van der Waals surface area contributed by atoms with E-state index >= 15 is 0 Å². The van der Waals surface area contributed by atoms with Gasteiger partial charge >= 0.3 is 0 Å². The van der Waals surface area contributed by atoms with E-state index in [4.69, 9.17) is 5.73 Å². The number of anilines is 1. The second-order valence-corrected chi connectivity index (χ2v) is 5.32. The van der Waals surface area contributed by atoms with Crippen molar-refractivity contribution in [2.45, 2.75) is 24.8 Å². The van der Waals surface area contributed by atoms with Crippen molar-refractivity contribution in [3.05, 3.63) is 54.0 Å². The quantitative estimate of drug-likeness (QED) is 0.905. The molecule has 0 aliphatic heterocycles. The van der Waals surface area contributed by atoms with Crippen molar-refractivity contribution in [2.24, 2.45) is 5.73 Å². The molecule has 2 N–H and O–H groups in total. The lowest BCUT2D eigenvalue weighted by atomic mass is 10.1. The van der Waals surface area contributed by atoms with Gasteiger partial charge < -0.3 is 10.6 Å². The number of rotatable bonds is 5. The van der Waals surface area contributed by atoms with Crippen LogP contribution in [0.2, 0.25) is 0 Å². The first-order chi connectivity index (χ1) is 9.79. The maximum Gasteiger partial charge on any atom is 0.133 e. The predicted octanol–water partition coefficient (Wildman–Crippen LogP) is 2.49. The molecule has 1 fully saturated rings. The molecular formula is C16H20N4. The van der Waals surface area contributed by atoms with E-state index in [9.17, 15) is 0 Å². The number of nitrogens with two attached hydrogens (primary N) is 1. The van der Waals surface area contributed by atoms with Gasteiger partial charge in [-0.1, -0.05) is 30.3 Å². The number of nitrogens with zero attached hydrogens (tertiary/aromatic N) is 3. The Hall–Kier alpha value is -1.94. The Morgan fingerprint density at radius 1 is 1.25 bits per heavy atom. The van der Waals surface area contributed by atoms with Gasteiger partial charge in [-0.3, -0.25) is 0 Å². The third-order valence-electron chi connectivity index (χ3n) is 3.84. The monoisotopic (exact) mass is 268 g/mol. The van der Waals surface area contributed by atoms with Gasteiger partial charge in [0.25, 0.3) is 0 Å². The second-order valence-electron chi connectivity index (χ2n) is 5.32. The lowest BCUT2D eigenvalue weighted by Gasteiger charge is -2.28. The average Bonchev–Trinajstić information content (AvgIpc) is 3.34. The van der Waals surface area contributed by atoms with Gasteiger partial charge in [-0.25, -0.2) is 9.97 Å². The van der Waals surface area contributed by atoms with Gasteiger partial charge in [0.1, 0.15) is 11.6 Å². The molecule has 0 radical (unpaired) electrons. The molecule has 4 nitrogen and oxygen atoms in total. The highest BCUT2D eigenvalue weighted by Gasteiger charge is 2.27. The summed E-state index contributed by atoms with van der Waals surface area (Å²) in [5.41, 5.74) is 7.18. The van der Waals surface area contributed by atoms with Crippen LogP contribution in [0.15, 0.2) is 42.6 Å². The van der Waals surface area contributed by atoms with Crippen LogP contribution in [-0.2, 0) is 0 Å². The molecule has 2 aromatic rings. The van der Waals surface area contributed by atoms with E-state index in [-0.39, 0.29) is 6.04 Å². The van der Waals surface area contributed by atoms with E-state index in [2.05, 4.69) is 27.0 Å². The van der Waals surface area contributed by atoms with Gasteiger partial charge in [-0.05, 0) is 24.5 Å². The van der Waals surface area contributed by atoms with Crippen LogP contribution in [0.3, 0.4) is 0 Å². The van der Waals surface area contributed by atoms with Crippen LogP contribution in [0.25, 0.3) is 0 Å². The molecule has 20 heavy (non-hydrogen) atoms. The molecule has 1 aromatic carbocycles. The van der Waals surface area contributed by atoms with Gasteiger partial charge in [0, 0.05) is 25.7 Å². The Morgan fingerprint density at radius 2 is 2.00 bits per heavy atom. The molecule has 4 heteroatoms. The first-order valence-electron chi connectivity index (χ1n) is 7.10. The van der Waals surface area contributed by atoms with Crippen LogP contribution in [0.5, 0.6) is 0 Å². The highest BCUT2D eigenvalue weighted by atomic mass is 15.2. The minimum absolute atomic E-state index is 0.137. The number of hydrogen-bond donors (Lipinski definition) is 1. The van der Waals surface area contributed by atoms with Crippen molar-refractivity contribution in [3.63, 3.8) is 0 Å². The SMILES string of the molecule is CN(c1ccnc(C2CC2)n1)C(CN)c1ccccc1. The zero-order valence-corrected chi connectivity index (χ0v) is 11.7. The fourth-order valence-corrected chi connectivity index (χ4v) is 2.45. The summed E-state index contributed by atoms with van der Waals surface area (Å²) in [5, 5.41) is 0. The van der Waals surface area contributed by atoms with Crippen LogP contribution < -0.4 is 10.6 Å². The zero-order chi connectivity index (χ0) is 13.9. The van der Waals surface area contributed by atoms with Crippen molar-refractivity contribution < 1.29 is 0 Å². The Kier molecular flexibility index (Phi) is 3.65. The first-order valence-corrected chi connectivity index (χ1v) is 7.10. The van der Waals surface area contributed by atoms with Crippen LogP contribution in [0.1, 0.15) is 36.2 Å². The molecule has 1 aromatic heterocycles. The van der Waals surface area contributed by atoms with Crippen LogP contribution in [-0.4, -0.2) is 23.6 Å². The molecule has 1 unspecified atom stereocenters. The Bertz CT molecular complexity index is 566. The molecule has 0 spiro atoms. The minimum atomic E-state index is 0.137. The molecule has 1 heterocycles. The summed E-state index contributed by atoms with van der Waals surface area (Å²) in [7, 11) is 2.05. The highest BCUT2D eigenvalue weighted by molar-refractivity contribution is 5.41. The van der Waals surface area contributed by atoms with Gasteiger partial charge in [0.2, 0.25) is 0 Å². The Labute approximate surface area is 119 Å². The summed E-state index contributed by atoms with van der Waals surface area (Å²) < 4.78 is 0. The third kappa shape index (κ3) is 2.65. The van der Waals surface area contributed by atoms with Gasteiger partial charge in [0.05, 0.1) is 6.04 Å². The number of hydrogen-bond acceptors (Lipinski definition) is 4. The molecule has 104 valence electrons. The summed E-state index contributed by atoms with van der Waals surface area (Å²) in [4.78, 5) is 11.2. The summed E-state index contributed by atoms with van der Waals surface area (Å²) in [6.07, 6.45) is 4.28. The summed E-state index contributed by atoms with van der Waals surface area (Å²) >= 11 is 0. The van der Waals surface area contributed by atoms with Crippen molar-refractivity contribution in [1.29, 1.82) is 0 Å². The molecular weight excluding hydrogens is 248 g/mol. The fraction of sp³-hybridized carbons (Fsp3) is 0.375. The summed E-state index contributed by atoms with van der Waals surface area (Å²) in [6.45, 7) is 0.559. The minimum Gasteiger partial charge on any atom is -0.351 e. The molecule has 1 aliphatic carbocycles. The molecule has 1 aliphatic rings. The van der Waals surface area contributed by atoms with Crippen molar-refractivity contribution in [3.8, 4) is 0 Å². The number of benzene rings is 1. The maximum absolute atomic E-state index is 5.97. The van der Waals surface area contributed by atoms with Gasteiger partial charge in [-0.15, -0.1) is 0 Å². The van der Waals surface area contributed by atoms with E-state index < -0.39 is 0 Å². The van der Waals surface area contributed by atoms with Crippen LogP contribution >= 0.6 is 0 Å². The van der Waals surface area contributed by atoms with Crippen molar-refractivity contribution in [2.75, 3.05) is 18.5 Å². The van der Waals surface area contributed by atoms with E-state index in [0.717, 1.165) is 11.6 Å². The van der Waals surface area contributed by atoms with Crippen LogP contribution in [0, 0.1) is 0 Å². The van der Waals surface area contributed by atoms with Crippen molar-refractivity contribution in [1.82, 2.24) is 9.97 Å². The highest BCUT2D eigenvalue weighted by Crippen LogP contribution is 2.38. The topological polar surface area (TPSA) is 55.0 Å². The van der Waals surface area contributed by atoms with E-state index in [1.54, 1.807) is 0 Å². The third-order valence-corrected chi connectivity index (χ3v) is 3.84. The van der Waals surface area contributed by atoms with Crippen LogP contribution in [0.4, 0.5) is 5.82 Å². The molecule has 1 saturated carbocycles. The summed E-state index contributed by atoms with van der Waals surface area (Å²) in [6, 6.07) is 12.4. The molecule has 3 rings (SSSR count). The van der Waals surface area contributed by atoms with Gasteiger partial charge in [-0.2, -0.15) is 0 Å². The normalized spacial score (nSPS) is 15.9. The first kappa shape index (κ1) is 13.1. The van der Waals surface area contributed by atoms with E-state index in [1.165, 1.54) is 18.4 Å².